The van der Waals surface area contributed by atoms with Crippen molar-refractivity contribution in [3.63, 3.8) is 0 Å². The Labute approximate surface area is 113 Å². The number of rotatable bonds is 6. The minimum Gasteiger partial charge on any atom is -0.496 e. The minimum absolute atomic E-state index is 0.0110. The molecule has 1 atom stereocenters. The van der Waals surface area contributed by atoms with Gasteiger partial charge in [0.15, 0.2) is 5.84 Å². The summed E-state index contributed by atoms with van der Waals surface area (Å²) in [6.07, 6.45) is -0.383. The molecule has 1 unspecified atom stereocenters. The first-order valence-electron chi connectivity index (χ1n) is 5.99. The molecule has 19 heavy (non-hydrogen) atoms. The third-order valence-corrected chi connectivity index (χ3v) is 2.68. The summed E-state index contributed by atoms with van der Waals surface area (Å²) in [7, 11) is 3.45. The number of hydrogen-bond donors (Lipinski definition) is 3. The molecule has 106 valence electrons. The van der Waals surface area contributed by atoms with Gasteiger partial charge in [0, 0.05) is 13.1 Å². The van der Waals surface area contributed by atoms with E-state index in [9.17, 15) is 5.11 Å². The number of nitrogens with two attached hydrogens (primary N) is 1. The van der Waals surface area contributed by atoms with E-state index >= 15 is 0 Å². The molecule has 0 aliphatic carbocycles. The van der Waals surface area contributed by atoms with E-state index in [0.717, 1.165) is 5.56 Å². The summed E-state index contributed by atoms with van der Waals surface area (Å²) in [5.41, 5.74) is 7.16. The van der Waals surface area contributed by atoms with E-state index in [1.165, 1.54) is 7.11 Å². The highest BCUT2D eigenvalue weighted by Crippen LogP contribution is 2.20. The monoisotopic (exact) mass is 267 g/mol. The van der Waals surface area contributed by atoms with Gasteiger partial charge in [-0.25, -0.2) is 0 Å². The van der Waals surface area contributed by atoms with E-state index in [0.29, 0.717) is 24.4 Å². The van der Waals surface area contributed by atoms with Crippen molar-refractivity contribution in [2.45, 2.75) is 19.6 Å². The van der Waals surface area contributed by atoms with Crippen LogP contribution in [0.15, 0.2) is 23.4 Å². The number of amidine groups is 1. The maximum Gasteiger partial charge on any atom is 0.173 e. The molecule has 0 aliphatic rings. The first kappa shape index (κ1) is 15.3. The number of ether oxygens (including phenoxy) is 1. The number of benzene rings is 1. The van der Waals surface area contributed by atoms with Crippen molar-refractivity contribution >= 4 is 5.84 Å². The summed E-state index contributed by atoms with van der Waals surface area (Å²) in [5, 5.41) is 21.1. The lowest BCUT2D eigenvalue weighted by Crippen LogP contribution is -2.27. The molecule has 0 spiro atoms. The number of aliphatic hydroxyl groups is 1. The molecule has 1 rings (SSSR count). The molecule has 1 aromatic rings. The average molecular weight is 267 g/mol. The maximum absolute atomic E-state index is 9.33. The standard InChI is InChI=1S/C13H21N3O3/c1-9(17)7-16(2)8-10-4-5-12(19-3)11(6-10)13(14)15-18/h4-6,9,17-18H,7-8H2,1-3H3,(H2,14,15). The van der Waals surface area contributed by atoms with Crippen LogP contribution in [0.3, 0.4) is 0 Å². The van der Waals surface area contributed by atoms with Gasteiger partial charge in [-0.3, -0.25) is 4.90 Å². The van der Waals surface area contributed by atoms with E-state index < -0.39 is 0 Å². The summed E-state index contributed by atoms with van der Waals surface area (Å²) in [4.78, 5) is 1.99. The van der Waals surface area contributed by atoms with Gasteiger partial charge in [0.25, 0.3) is 0 Å². The van der Waals surface area contributed by atoms with Crippen molar-refractivity contribution in [2.24, 2.45) is 10.9 Å². The fraction of sp³-hybridized carbons (Fsp3) is 0.462. The fourth-order valence-electron chi connectivity index (χ4n) is 1.93. The molecule has 0 amide bonds. The largest absolute Gasteiger partial charge is 0.496 e. The lowest BCUT2D eigenvalue weighted by atomic mass is 10.1. The van der Waals surface area contributed by atoms with Gasteiger partial charge >= 0.3 is 0 Å². The van der Waals surface area contributed by atoms with E-state index in [1.807, 2.05) is 24.1 Å². The molecule has 4 N–H and O–H groups in total. The Morgan fingerprint density at radius 1 is 1.53 bits per heavy atom. The second-order valence-electron chi connectivity index (χ2n) is 4.57. The Bertz CT molecular complexity index is 447. The van der Waals surface area contributed by atoms with Gasteiger partial charge in [-0.2, -0.15) is 0 Å². The Morgan fingerprint density at radius 2 is 2.21 bits per heavy atom. The van der Waals surface area contributed by atoms with Crippen molar-refractivity contribution < 1.29 is 15.1 Å². The lowest BCUT2D eigenvalue weighted by molar-refractivity contribution is 0.138. The molecule has 0 heterocycles. The molecule has 1 aromatic carbocycles. The Hall–Kier alpha value is -1.79. The first-order chi connectivity index (χ1) is 8.97. The summed E-state index contributed by atoms with van der Waals surface area (Å²) >= 11 is 0. The zero-order valence-corrected chi connectivity index (χ0v) is 11.5. The number of oxime groups is 1. The zero-order valence-electron chi connectivity index (χ0n) is 11.5. The lowest BCUT2D eigenvalue weighted by Gasteiger charge is -2.19. The molecule has 0 bridgehead atoms. The second-order valence-corrected chi connectivity index (χ2v) is 4.57. The smallest absolute Gasteiger partial charge is 0.173 e. The number of hydrogen-bond acceptors (Lipinski definition) is 5. The predicted octanol–water partition coefficient (Wildman–Crippen LogP) is 0.602. The molecule has 0 saturated heterocycles. The van der Waals surface area contributed by atoms with Gasteiger partial charge in [0.2, 0.25) is 0 Å². The van der Waals surface area contributed by atoms with Crippen molar-refractivity contribution in [3.8, 4) is 5.75 Å². The molecule has 6 heteroatoms. The number of likely N-dealkylation sites (N-methyl/N-ethyl adjacent to an activating group) is 1. The van der Waals surface area contributed by atoms with Gasteiger partial charge < -0.3 is 20.8 Å². The summed E-state index contributed by atoms with van der Waals surface area (Å²) in [6.45, 7) is 2.97. The third kappa shape index (κ3) is 4.42. The highest BCUT2D eigenvalue weighted by molar-refractivity contribution is 5.99. The van der Waals surface area contributed by atoms with E-state index in [4.69, 9.17) is 15.7 Å². The molecular weight excluding hydrogens is 246 g/mol. The van der Waals surface area contributed by atoms with Crippen molar-refractivity contribution in [2.75, 3.05) is 20.7 Å². The molecular formula is C13H21N3O3. The van der Waals surface area contributed by atoms with Gasteiger partial charge in [0.05, 0.1) is 18.8 Å². The maximum atomic E-state index is 9.33. The topological polar surface area (TPSA) is 91.3 Å². The Balaban J connectivity index is 2.92. The molecule has 0 aromatic heterocycles. The highest BCUT2D eigenvalue weighted by atomic mass is 16.5. The van der Waals surface area contributed by atoms with Crippen LogP contribution in [-0.4, -0.2) is 47.9 Å². The normalized spacial score (nSPS) is 13.6. The number of aliphatic hydroxyl groups excluding tert-OH is 1. The SMILES string of the molecule is COc1ccc(CN(C)CC(C)O)cc1C(N)=NO. The summed E-state index contributed by atoms with van der Waals surface area (Å²) < 4.78 is 5.17. The predicted molar refractivity (Wildman–Crippen MR) is 73.5 cm³/mol. The van der Waals surface area contributed by atoms with Crippen LogP contribution in [-0.2, 0) is 6.54 Å². The quantitative estimate of drug-likeness (QED) is 0.304. The Kier molecular flexibility index (Phi) is 5.59. The van der Waals surface area contributed by atoms with Crippen molar-refractivity contribution in [1.82, 2.24) is 4.90 Å². The average Bonchev–Trinajstić information content (AvgIpc) is 2.36. The Morgan fingerprint density at radius 3 is 2.74 bits per heavy atom. The van der Waals surface area contributed by atoms with Gasteiger partial charge in [-0.05, 0) is 31.7 Å². The second kappa shape index (κ2) is 6.96. The van der Waals surface area contributed by atoms with E-state index in [1.54, 1.807) is 13.0 Å². The van der Waals surface area contributed by atoms with Crippen LogP contribution in [0.4, 0.5) is 0 Å². The fourth-order valence-corrected chi connectivity index (χ4v) is 1.93. The van der Waals surface area contributed by atoms with Crippen LogP contribution in [0, 0.1) is 0 Å². The summed E-state index contributed by atoms with van der Waals surface area (Å²) in [6, 6.07) is 5.50. The van der Waals surface area contributed by atoms with Crippen LogP contribution in [0.25, 0.3) is 0 Å². The minimum atomic E-state index is -0.383. The van der Waals surface area contributed by atoms with E-state index in [2.05, 4.69) is 5.16 Å². The van der Waals surface area contributed by atoms with Crippen molar-refractivity contribution in [3.05, 3.63) is 29.3 Å². The van der Waals surface area contributed by atoms with Crippen LogP contribution in [0.5, 0.6) is 5.75 Å². The molecule has 0 saturated carbocycles. The molecule has 6 nitrogen and oxygen atoms in total. The molecule has 0 aliphatic heterocycles. The van der Waals surface area contributed by atoms with E-state index in [-0.39, 0.29) is 11.9 Å². The van der Waals surface area contributed by atoms with Crippen LogP contribution < -0.4 is 10.5 Å². The van der Waals surface area contributed by atoms with Crippen LogP contribution in [0.2, 0.25) is 0 Å². The highest BCUT2D eigenvalue weighted by Gasteiger charge is 2.10. The zero-order chi connectivity index (χ0) is 14.4. The number of methoxy groups -OCH3 is 1. The van der Waals surface area contributed by atoms with Gasteiger partial charge in [-0.1, -0.05) is 11.2 Å². The first-order valence-corrected chi connectivity index (χ1v) is 5.99. The molecule has 0 radical (unpaired) electrons. The van der Waals surface area contributed by atoms with Gasteiger partial charge in [0.1, 0.15) is 5.75 Å². The third-order valence-electron chi connectivity index (χ3n) is 2.68. The number of nitrogens with zero attached hydrogens (tertiary/aromatic N) is 2. The van der Waals surface area contributed by atoms with Gasteiger partial charge in [-0.15, -0.1) is 0 Å². The molecule has 0 fully saturated rings. The summed E-state index contributed by atoms with van der Waals surface area (Å²) in [5.74, 6) is 0.564. The van der Waals surface area contributed by atoms with Crippen molar-refractivity contribution in [1.29, 1.82) is 0 Å². The van der Waals surface area contributed by atoms with Crippen LogP contribution in [0.1, 0.15) is 18.1 Å². The van der Waals surface area contributed by atoms with Crippen LogP contribution >= 0.6 is 0 Å².